The molecule has 1 saturated carbocycles. The quantitative estimate of drug-likeness (QED) is 0.680. The van der Waals surface area contributed by atoms with E-state index in [1.165, 1.54) is 0 Å². The number of carbonyl (C=O) groups is 2. The van der Waals surface area contributed by atoms with Crippen LogP contribution in [0.5, 0.6) is 0 Å². The van der Waals surface area contributed by atoms with Crippen molar-refractivity contribution in [3.63, 3.8) is 0 Å². The minimum absolute atomic E-state index is 0.0107. The van der Waals surface area contributed by atoms with Gasteiger partial charge in [-0.2, -0.15) is 5.10 Å². The zero-order chi connectivity index (χ0) is 21.0. The average molecular weight is 445 g/mol. The molecule has 8 heteroatoms. The lowest BCUT2D eigenvalue weighted by molar-refractivity contribution is -0.134. The molecule has 1 atom stereocenters. The van der Waals surface area contributed by atoms with Crippen molar-refractivity contribution in [1.82, 2.24) is 15.6 Å². The van der Waals surface area contributed by atoms with Gasteiger partial charge in [-0.15, -0.1) is 22.7 Å². The lowest BCUT2D eigenvalue weighted by Crippen LogP contribution is -2.59. The molecule has 2 amide bonds. The normalized spacial score (nSPS) is 20.8. The van der Waals surface area contributed by atoms with E-state index in [9.17, 15) is 9.59 Å². The Kier molecular flexibility index (Phi) is 6.65. The molecule has 0 spiro atoms. The monoisotopic (exact) mass is 444 g/mol. The zero-order valence-corrected chi connectivity index (χ0v) is 18.9. The third-order valence-corrected chi connectivity index (χ3v) is 7.79. The number of hydrazone groups is 1. The number of thiophene rings is 2. The molecule has 1 aliphatic carbocycles. The van der Waals surface area contributed by atoms with Crippen LogP contribution in [0.2, 0.25) is 0 Å². The third-order valence-electron chi connectivity index (χ3n) is 5.90. The summed E-state index contributed by atoms with van der Waals surface area (Å²) in [5, 5.41) is 16.7. The van der Waals surface area contributed by atoms with Crippen molar-refractivity contribution in [2.75, 3.05) is 13.1 Å². The van der Waals surface area contributed by atoms with Gasteiger partial charge in [-0.3, -0.25) is 14.9 Å². The molecule has 1 aliphatic heterocycles. The fraction of sp³-hybridized carbons (Fsp3) is 0.500. The van der Waals surface area contributed by atoms with Gasteiger partial charge in [0.05, 0.1) is 28.7 Å². The number of carbonyl (C=O) groups excluding carboxylic acids is 2. The number of rotatable bonds is 7. The van der Waals surface area contributed by atoms with Gasteiger partial charge < -0.3 is 5.32 Å². The molecule has 0 aromatic carbocycles. The van der Waals surface area contributed by atoms with Gasteiger partial charge in [-0.1, -0.05) is 31.4 Å². The molecule has 3 heterocycles. The largest absolute Gasteiger partial charge is 0.355 e. The van der Waals surface area contributed by atoms with Crippen molar-refractivity contribution in [2.45, 2.75) is 57.0 Å². The van der Waals surface area contributed by atoms with Crippen LogP contribution in [0.1, 0.15) is 61.2 Å². The van der Waals surface area contributed by atoms with E-state index in [2.05, 4.69) is 16.7 Å². The summed E-state index contributed by atoms with van der Waals surface area (Å²) in [6, 6.07) is 8.05. The Balaban J connectivity index is 1.51. The molecule has 1 fully saturated rings. The highest BCUT2D eigenvalue weighted by Gasteiger charge is 2.40. The Hall–Kier alpha value is -2.03. The molecule has 2 aromatic rings. The van der Waals surface area contributed by atoms with Crippen molar-refractivity contribution in [1.29, 1.82) is 0 Å². The first-order chi connectivity index (χ1) is 14.6. The number of nitrogens with one attached hydrogen (secondary N) is 2. The second-order valence-electron chi connectivity index (χ2n) is 7.85. The third kappa shape index (κ3) is 4.36. The fourth-order valence-electron chi connectivity index (χ4n) is 4.33. The van der Waals surface area contributed by atoms with E-state index in [1.807, 2.05) is 35.9 Å². The van der Waals surface area contributed by atoms with E-state index in [0.717, 1.165) is 47.6 Å². The standard InChI is InChI=1S/C22H28N4O2S2/c1-2-23-21(28)22(10-4-3-5-11-22)24-15-20(27)26-17(19-9-7-13-30-19)14-16(25-26)18-8-6-12-29-18/h6-9,12-13,17,24H,2-5,10-11,14-15H2,1H3,(H,23,28). The molecule has 2 N–H and O–H groups in total. The van der Waals surface area contributed by atoms with E-state index < -0.39 is 5.54 Å². The van der Waals surface area contributed by atoms with Gasteiger partial charge in [0, 0.05) is 17.8 Å². The van der Waals surface area contributed by atoms with E-state index in [1.54, 1.807) is 27.7 Å². The van der Waals surface area contributed by atoms with Crippen LogP contribution >= 0.6 is 22.7 Å². The van der Waals surface area contributed by atoms with Crippen LogP contribution in [0.3, 0.4) is 0 Å². The van der Waals surface area contributed by atoms with Crippen LogP contribution in [0.15, 0.2) is 40.1 Å². The molecule has 4 rings (SSSR count). The second-order valence-corrected chi connectivity index (χ2v) is 9.78. The van der Waals surface area contributed by atoms with Crippen molar-refractivity contribution in [3.05, 3.63) is 44.8 Å². The first kappa shape index (κ1) is 21.2. The van der Waals surface area contributed by atoms with Gasteiger partial charge in [-0.05, 0) is 42.7 Å². The van der Waals surface area contributed by atoms with Crippen molar-refractivity contribution in [2.24, 2.45) is 5.10 Å². The Morgan fingerprint density at radius 2 is 1.93 bits per heavy atom. The summed E-state index contributed by atoms with van der Waals surface area (Å²) < 4.78 is 0. The molecular formula is C22H28N4O2S2. The number of amides is 2. The summed E-state index contributed by atoms with van der Waals surface area (Å²) in [6.45, 7) is 2.63. The zero-order valence-electron chi connectivity index (χ0n) is 17.2. The van der Waals surface area contributed by atoms with Gasteiger partial charge in [0.2, 0.25) is 5.91 Å². The van der Waals surface area contributed by atoms with Crippen LogP contribution in [-0.4, -0.2) is 41.2 Å². The molecule has 2 aromatic heterocycles. The van der Waals surface area contributed by atoms with E-state index in [-0.39, 0.29) is 24.4 Å². The Bertz CT molecular complexity index is 886. The number of likely N-dealkylation sites (N-methyl/N-ethyl adjacent to an activating group) is 1. The smallest absolute Gasteiger partial charge is 0.257 e. The summed E-state index contributed by atoms with van der Waals surface area (Å²) >= 11 is 3.29. The molecule has 30 heavy (non-hydrogen) atoms. The highest BCUT2D eigenvalue weighted by atomic mass is 32.1. The lowest BCUT2D eigenvalue weighted by atomic mass is 9.80. The maximum absolute atomic E-state index is 13.3. The maximum Gasteiger partial charge on any atom is 0.257 e. The topological polar surface area (TPSA) is 73.8 Å². The molecule has 0 saturated heterocycles. The summed E-state index contributed by atoms with van der Waals surface area (Å²) in [6.07, 6.45) is 5.39. The first-order valence-electron chi connectivity index (χ1n) is 10.6. The number of nitrogens with zero attached hydrogens (tertiary/aromatic N) is 2. The molecule has 160 valence electrons. The number of hydrogen-bond donors (Lipinski definition) is 2. The van der Waals surface area contributed by atoms with Crippen LogP contribution in [-0.2, 0) is 9.59 Å². The number of hydrogen-bond acceptors (Lipinski definition) is 6. The minimum atomic E-state index is -0.650. The average Bonchev–Trinajstić information content (AvgIpc) is 3.53. The summed E-state index contributed by atoms with van der Waals surface area (Å²) in [5.74, 6) is -0.0780. The Labute approximate surface area is 185 Å². The first-order valence-corrected chi connectivity index (χ1v) is 12.4. The van der Waals surface area contributed by atoms with Gasteiger partial charge in [0.1, 0.15) is 0 Å². The van der Waals surface area contributed by atoms with Crippen LogP contribution in [0, 0.1) is 0 Å². The predicted octanol–water partition coefficient (Wildman–Crippen LogP) is 3.92. The molecule has 6 nitrogen and oxygen atoms in total. The molecule has 0 bridgehead atoms. The van der Waals surface area contributed by atoms with Crippen LogP contribution in [0.4, 0.5) is 0 Å². The highest BCUT2D eigenvalue weighted by Crippen LogP contribution is 2.36. The summed E-state index contributed by atoms with van der Waals surface area (Å²) in [4.78, 5) is 28.3. The predicted molar refractivity (Wildman–Crippen MR) is 122 cm³/mol. The summed E-state index contributed by atoms with van der Waals surface area (Å²) in [7, 11) is 0. The van der Waals surface area contributed by atoms with Crippen molar-refractivity contribution < 1.29 is 9.59 Å². The van der Waals surface area contributed by atoms with E-state index in [4.69, 9.17) is 5.10 Å². The van der Waals surface area contributed by atoms with E-state index in [0.29, 0.717) is 13.0 Å². The van der Waals surface area contributed by atoms with Gasteiger partial charge in [0.25, 0.3) is 5.91 Å². The molecule has 2 aliphatic rings. The van der Waals surface area contributed by atoms with Crippen molar-refractivity contribution >= 4 is 40.2 Å². The highest BCUT2D eigenvalue weighted by molar-refractivity contribution is 7.12. The Morgan fingerprint density at radius 1 is 1.17 bits per heavy atom. The van der Waals surface area contributed by atoms with Crippen molar-refractivity contribution in [3.8, 4) is 0 Å². The second kappa shape index (κ2) is 9.41. The summed E-state index contributed by atoms with van der Waals surface area (Å²) in [5.41, 5.74) is 0.301. The molecule has 1 unspecified atom stereocenters. The van der Waals surface area contributed by atoms with Crippen LogP contribution in [0.25, 0.3) is 0 Å². The molecule has 0 radical (unpaired) electrons. The lowest BCUT2D eigenvalue weighted by Gasteiger charge is -2.37. The molecular weight excluding hydrogens is 416 g/mol. The van der Waals surface area contributed by atoms with Crippen LogP contribution < -0.4 is 10.6 Å². The van der Waals surface area contributed by atoms with E-state index >= 15 is 0 Å². The fourth-order valence-corrected chi connectivity index (χ4v) is 5.86. The minimum Gasteiger partial charge on any atom is -0.355 e. The maximum atomic E-state index is 13.3. The van der Waals surface area contributed by atoms with Gasteiger partial charge in [-0.25, -0.2) is 5.01 Å². The Morgan fingerprint density at radius 3 is 2.60 bits per heavy atom. The van der Waals surface area contributed by atoms with Gasteiger partial charge in [0.15, 0.2) is 0 Å². The SMILES string of the molecule is CCNC(=O)C1(NCC(=O)N2N=C(c3cccs3)CC2c2cccs2)CCCCC1. The van der Waals surface area contributed by atoms with Gasteiger partial charge >= 0.3 is 0 Å².